The quantitative estimate of drug-likeness (QED) is 0.301. The van der Waals surface area contributed by atoms with Crippen molar-refractivity contribution in [1.82, 2.24) is 15.5 Å². The monoisotopic (exact) mass is 432 g/mol. The van der Waals surface area contributed by atoms with E-state index in [0.29, 0.717) is 5.92 Å². The Hall–Kier alpha value is -1.83. The van der Waals surface area contributed by atoms with E-state index in [1.54, 1.807) is 7.11 Å². The van der Waals surface area contributed by atoms with Gasteiger partial charge in [-0.2, -0.15) is 0 Å². The fourth-order valence-corrected chi connectivity index (χ4v) is 4.20. The van der Waals surface area contributed by atoms with Crippen LogP contribution in [0.15, 0.2) is 29.3 Å². The van der Waals surface area contributed by atoms with E-state index in [1.807, 2.05) is 6.07 Å². The molecule has 0 saturated carbocycles. The van der Waals surface area contributed by atoms with Gasteiger partial charge in [-0.15, -0.1) is 0 Å². The van der Waals surface area contributed by atoms with E-state index in [1.165, 1.54) is 18.4 Å². The Balaban J connectivity index is 1.50. The Bertz CT molecular complexity index is 658. The summed E-state index contributed by atoms with van der Waals surface area (Å²) in [6.07, 6.45) is 4.61. The Morgan fingerprint density at radius 3 is 2.90 bits per heavy atom. The number of nitrogens with one attached hydrogen (secondary N) is 2. The van der Waals surface area contributed by atoms with Crippen LogP contribution in [0.2, 0.25) is 0 Å². The highest BCUT2D eigenvalue weighted by molar-refractivity contribution is 5.79. The third-order valence-electron chi connectivity index (χ3n) is 5.96. The van der Waals surface area contributed by atoms with Crippen LogP contribution in [0.1, 0.15) is 44.2 Å². The van der Waals surface area contributed by atoms with E-state index in [0.717, 1.165) is 83.7 Å². The second-order valence-corrected chi connectivity index (χ2v) is 8.34. The Morgan fingerprint density at radius 2 is 2.16 bits per heavy atom. The molecule has 1 aromatic carbocycles. The van der Waals surface area contributed by atoms with Crippen molar-refractivity contribution in [2.45, 2.75) is 38.6 Å². The van der Waals surface area contributed by atoms with Crippen LogP contribution < -0.4 is 15.4 Å². The van der Waals surface area contributed by atoms with Crippen molar-refractivity contribution in [2.75, 3.05) is 66.3 Å². The Labute approximate surface area is 187 Å². The van der Waals surface area contributed by atoms with Crippen LogP contribution in [0, 0.1) is 5.92 Å². The molecule has 174 valence electrons. The molecule has 2 aliphatic heterocycles. The Kier molecular flexibility index (Phi) is 10.4. The fraction of sp³-hybridized carbons (Fsp3) is 0.708. The molecule has 2 fully saturated rings. The minimum atomic E-state index is 0.269. The lowest BCUT2D eigenvalue weighted by molar-refractivity contribution is 0.0888. The molecule has 1 aromatic rings. The number of hydrogen-bond donors (Lipinski definition) is 2. The molecule has 2 saturated heterocycles. The third-order valence-corrected chi connectivity index (χ3v) is 5.96. The molecular formula is C24H40N4O3. The van der Waals surface area contributed by atoms with Gasteiger partial charge in [0.2, 0.25) is 0 Å². The number of benzene rings is 1. The summed E-state index contributed by atoms with van der Waals surface area (Å²) in [6, 6.07) is 8.67. The highest BCUT2D eigenvalue weighted by Crippen LogP contribution is 2.27. The summed E-state index contributed by atoms with van der Waals surface area (Å²) in [5.41, 5.74) is 1.27. The first-order chi connectivity index (χ1) is 15.3. The summed E-state index contributed by atoms with van der Waals surface area (Å²) in [7, 11) is 1.72. The van der Waals surface area contributed by atoms with Gasteiger partial charge in [0, 0.05) is 32.2 Å². The maximum absolute atomic E-state index is 5.81. The minimum absolute atomic E-state index is 0.269. The zero-order valence-electron chi connectivity index (χ0n) is 19.3. The second kappa shape index (κ2) is 13.6. The summed E-state index contributed by atoms with van der Waals surface area (Å²) < 4.78 is 16.7. The third kappa shape index (κ3) is 7.98. The van der Waals surface area contributed by atoms with E-state index >= 15 is 0 Å². The summed E-state index contributed by atoms with van der Waals surface area (Å²) in [5.74, 6) is 2.35. The molecule has 2 N–H and O–H groups in total. The summed E-state index contributed by atoms with van der Waals surface area (Å²) in [5, 5.41) is 6.84. The lowest BCUT2D eigenvalue weighted by atomic mass is 10.1. The molecule has 0 bridgehead atoms. The average molecular weight is 433 g/mol. The van der Waals surface area contributed by atoms with Gasteiger partial charge >= 0.3 is 0 Å². The van der Waals surface area contributed by atoms with Crippen LogP contribution in [-0.2, 0) is 9.47 Å². The summed E-state index contributed by atoms with van der Waals surface area (Å²) >= 11 is 0. The van der Waals surface area contributed by atoms with Crippen molar-refractivity contribution in [3.05, 3.63) is 29.8 Å². The molecule has 3 rings (SSSR count). The molecule has 31 heavy (non-hydrogen) atoms. The number of rotatable bonds is 12. The first kappa shape index (κ1) is 23.8. The number of aliphatic imine (C=N–C) groups is 1. The van der Waals surface area contributed by atoms with E-state index in [-0.39, 0.29) is 6.04 Å². The van der Waals surface area contributed by atoms with Gasteiger partial charge in [0.05, 0.1) is 32.9 Å². The normalized spacial score (nSPS) is 20.7. The molecule has 0 radical (unpaired) electrons. The summed E-state index contributed by atoms with van der Waals surface area (Å²) in [4.78, 5) is 7.47. The van der Waals surface area contributed by atoms with Gasteiger partial charge in [-0.1, -0.05) is 12.1 Å². The molecule has 0 amide bonds. The summed E-state index contributed by atoms with van der Waals surface area (Å²) in [6.45, 7) is 10.1. The predicted molar refractivity (Wildman–Crippen MR) is 125 cm³/mol. The maximum atomic E-state index is 5.81. The van der Waals surface area contributed by atoms with Gasteiger partial charge in [0.1, 0.15) is 5.75 Å². The van der Waals surface area contributed by atoms with Crippen LogP contribution in [-0.4, -0.2) is 77.1 Å². The van der Waals surface area contributed by atoms with Gasteiger partial charge in [0.25, 0.3) is 0 Å². The van der Waals surface area contributed by atoms with Crippen LogP contribution in [0.5, 0.6) is 5.75 Å². The first-order valence-electron chi connectivity index (χ1n) is 11.9. The topological polar surface area (TPSA) is 67.4 Å². The van der Waals surface area contributed by atoms with Crippen molar-refractivity contribution < 1.29 is 14.2 Å². The van der Waals surface area contributed by atoms with Gasteiger partial charge in [-0.3, -0.25) is 9.89 Å². The molecule has 0 aromatic heterocycles. The fourth-order valence-electron chi connectivity index (χ4n) is 4.20. The maximum Gasteiger partial charge on any atom is 0.191 e. The van der Waals surface area contributed by atoms with Crippen molar-refractivity contribution >= 4 is 5.96 Å². The lowest BCUT2D eigenvalue weighted by Crippen LogP contribution is -2.39. The average Bonchev–Trinajstić information content (AvgIpc) is 3.51. The molecule has 2 atom stereocenters. The van der Waals surface area contributed by atoms with E-state index < -0.39 is 0 Å². The van der Waals surface area contributed by atoms with E-state index in [4.69, 9.17) is 19.2 Å². The lowest BCUT2D eigenvalue weighted by Gasteiger charge is -2.27. The zero-order valence-corrected chi connectivity index (χ0v) is 19.3. The van der Waals surface area contributed by atoms with Crippen molar-refractivity contribution in [1.29, 1.82) is 0 Å². The standard InChI is InChI=1S/C24H40N4O3/c1-3-25-24(26-11-7-14-30-18-20-10-15-31-19-20)27-17-23(28-12-4-5-13-28)21-8-6-9-22(16-21)29-2/h6,8-9,16,20,23H,3-5,7,10-15,17-19H2,1-2H3,(H2,25,26,27). The van der Waals surface area contributed by atoms with E-state index in [2.05, 4.69) is 40.7 Å². The van der Waals surface area contributed by atoms with Crippen molar-refractivity contribution in [3.8, 4) is 5.75 Å². The van der Waals surface area contributed by atoms with Crippen molar-refractivity contribution in [2.24, 2.45) is 10.9 Å². The second-order valence-electron chi connectivity index (χ2n) is 8.34. The highest BCUT2D eigenvalue weighted by Gasteiger charge is 2.23. The molecule has 7 nitrogen and oxygen atoms in total. The molecule has 0 aliphatic carbocycles. The molecule has 0 spiro atoms. The molecule has 2 heterocycles. The highest BCUT2D eigenvalue weighted by atomic mass is 16.5. The first-order valence-corrected chi connectivity index (χ1v) is 11.9. The molecule has 7 heteroatoms. The minimum Gasteiger partial charge on any atom is -0.497 e. The van der Waals surface area contributed by atoms with Gasteiger partial charge in [0.15, 0.2) is 5.96 Å². The SMILES string of the molecule is CCNC(=NCC(c1cccc(OC)c1)N1CCCC1)NCCCOCC1CCOC1. The number of nitrogens with zero attached hydrogens (tertiary/aromatic N) is 2. The van der Waals surface area contributed by atoms with E-state index in [9.17, 15) is 0 Å². The number of ether oxygens (including phenoxy) is 3. The molecular weight excluding hydrogens is 392 g/mol. The largest absolute Gasteiger partial charge is 0.497 e. The molecule has 2 aliphatic rings. The van der Waals surface area contributed by atoms with Crippen LogP contribution >= 0.6 is 0 Å². The van der Waals surface area contributed by atoms with Crippen molar-refractivity contribution in [3.63, 3.8) is 0 Å². The van der Waals surface area contributed by atoms with Gasteiger partial charge in [-0.25, -0.2) is 0 Å². The zero-order chi connectivity index (χ0) is 21.7. The smallest absolute Gasteiger partial charge is 0.191 e. The number of guanidine groups is 1. The van der Waals surface area contributed by atoms with Crippen LogP contribution in [0.25, 0.3) is 0 Å². The Morgan fingerprint density at radius 1 is 1.29 bits per heavy atom. The molecule has 2 unspecified atom stereocenters. The predicted octanol–water partition coefficient (Wildman–Crippen LogP) is 2.83. The van der Waals surface area contributed by atoms with Gasteiger partial charge < -0.3 is 24.8 Å². The number of hydrogen-bond acceptors (Lipinski definition) is 5. The van der Waals surface area contributed by atoms with Gasteiger partial charge in [-0.05, 0) is 63.4 Å². The van der Waals surface area contributed by atoms with Crippen LogP contribution in [0.3, 0.4) is 0 Å². The number of likely N-dealkylation sites (tertiary alicyclic amines) is 1. The number of methoxy groups -OCH3 is 1. The van der Waals surface area contributed by atoms with Crippen LogP contribution in [0.4, 0.5) is 0 Å².